The van der Waals surface area contributed by atoms with Crippen LogP contribution in [-0.2, 0) is 0 Å². The predicted molar refractivity (Wildman–Crippen MR) is 37.7 cm³/mol. The summed E-state index contributed by atoms with van der Waals surface area (Å²) in [6.45, 7) is 0.708. The van der Waals surface area contributed by atoms with Crippen LogP contribution in [0.3, 0.4) is 0 Å². The third-order valence-corrected chi connectivity index (χ3v) is 1.04. The maximum Gasteiger partial charge on any atom is 0.394 e. The van der Waals surface area contributed by atoms with Gasteiger partial charge in [-0.3, -0.25) is 0 Å². The van der Waals surface area contributed by atoms with Crippen LogP contribution in [0.5, 0.6) is 5.75 Å². The smallest absolute Gasteiger partial charge is 0.394 e. The molecule has 0 unspecified atom stereocenters. The number of hydrogen-bond donors (Lipinski definition) is 0. The van der Waals surface area contributed by atoms with Crippen LogP contribution >= 0.6 is 0 Å². The highest BCUT2D eigenvalue weighted by atomic mass is 19.3. The Morgan fingerprint density at radius 1 is 1.18 bits per heavy atom. The Balaban J connectivity index is 2.66. The number of ether oxygens (including phenoxy) is 1. The van der Waals surface area contributed by atoms with E-state index in [-0.39, 0.29) is 5.75 Å². The van der Waals surface area contributed by atoms with Crippen LogP contribution in [-0.4, -0.2) is 6.11 Å². The summed E-state index contributed by atoms with van der Waals surface area (Å²) in [5, 5.41) is 0. The summed E-state index contributed by atoms with van der Waals surface area (Å²) < 4.78 is 28.6. The first-order valence-electron chi connectivity index (χ1n) is 3.20. The van der Waals surface area contributed by atoms with Crippen molar-refractivity contribution in [2.24, 2.45) is 0 Å². The van der Waals surface area contributed by atoms with E-state index in [2.05, 4.69) is 4.74 Å². The van der Waals surface area contributed by atoms with Gasteiger partial charge < -0.3 is 4.74 Å². The second-order valence-corrected chi connectivity index (χ2v) is 2.22. The molecule has 11 heavy (non-hydrogen) atoms. The zero-order valence-electron chi connectivity index (χ0n) is 6.05. The Bertz CT molecular complexity index is 215. The number of alkyl halides is 2. The van der Waals surface area contributed by atoms with Crippen molar-refractivity contribution in [3.63, 3.8) is 0 Å². The average molecular weight is 158 g/mol. The molecule has 0 aliphatic heterocycles. The molecule has 0 atom stereocenters. The Hall–Kier alpha value is -1.12. The summed E-state index contributed by atoms with van der Waals surface area (Å²) in [4.78, 5) is 0. The molecular weight excluding hydrogens is 150 g/mol. The van der Waals surface area contributed by atoms with Crippen molar-refractivity contribution in [2.75, 3.05) is 0 Å². The molecule has 1 aromatic rings. The highest BCUT2D eigenvalue weighted by Gasteiger charge is 2.22. The topological polar surface area (TPSA) is 9.23 Å². The van der Waals surface area contributed by atoms with E-state index in [0.717, 1.165) is 0 Å². The van der Waals surface area contributed by atoms with E-state index in [4.69, 9.17) is 0 Å². The van der Waals surface area contributed by atoms with Crippen LogP contribution < -0.4 is 4.74 Å². The molecule has 0 aliphatic rings. The van der Waals surface area contributed by atoms with Crippen LogP contribution in [0.25, 0.3) is 0 Å². The molecule has 1 nitrogen and oxygen atoms in total. The van der Waals surface area contributed by atoms with Gasteiger partial charge in [0.1, 0.15) is 5.75 Å². The van der Waals surface area contributed by atoms with Crippen LogP contribution in [0.4, 0.5) is 8.78 Å². The fourth-order valence-electron chi connectivity index (χ4n) is 0.695. The summed E-state index contributed by atoms with van der Waals surface area (Å²) in [5.41, 5.74) is 0. The van der Waals surface area contributed by atoms with E-state index >= 15 is 0 Å². The molecule has 3 heteroatoms. The molecule has 0 N–H and O–H groups in total. The van der Waals surface area contributed by atoms with Crippen molar-refractivity contribution >= 4 is 0 Å². The van der Waals surface area contributed by atoms with Crippen LogP contribution in [0.2, 0.25) is 0 Å². The molecule has 0 amide bonds. The van der Waals surface area contributed by atoms with Gasteiger partial charge in [-0.2, -0.15) is 8.78 Å². The molecule has 0 radical (unpaired) electrons. The number of hydrogen-bond acceptors (Lipinski definition) is 1. The van der Waals surface area contributed by atoms with Crippen molar-refractivity contribution < 1.29 is 13.5 Å². The lowest BCUT2D eigenvalue weighted by molar-refractivity contribution is -0.158. The van der Waals surface area contributed by atoms with Gasteiger partial charge in [-0.05, 0) is 12.1 Å². The number of halogens is 2. The summed E-state index contributed by atoms with van der Waals surface area (Å²) in [6, 6.07) is 7.98. The fourth-order valence-corrected chi connectivity index (χ4v) is 0.695. The summed E-state index contributed by atoms with van der Waals surface area (Å²) >= 11 is 0. The molecule has 60 valence electrons. The Labute approximate surface area is 63.6 Å². The van der Waals surface area contributed by atoms with Gasteiger partial charge in [0.15, 0.2) is 0 Å². The highest BCUT2D eigenvalue weighted by Crippen LogP contribution is 2.19. The molecular formula is C8H8F2O. The van der Waals surface area contributed by atoms with Crippen molar-refractivity contribution in [2.45, 2.75) is 13.0 Å². The van der Waals surface area contributed by atoms with Gasteiger partial charge in [0.2, 0.25) is 0 Å². The standard InChI is InChI=1S/C8H8F2O/c1-8(9,10)11-7-5-3-2-4-6-7/h2-6H,1H3. The lowest BCUT2D eigenvalue weighted by atomic mass is 10.3. The number of para-hydroxylation sites is 1. The predicted octanol–water partition coefficient (Wildman–Crippen LogP) is 2.68. The SMILES string of the molecule is CC(F)(F)Oc1ccccc1. The van der Waals surface area contributed by atoms with E-state index in [1.807, 2.05) is 0 Å². The molecule has 0 bridgehead atoms. The minimum Gasteiger partial charge on any atom is -0.433 e. The molecule has 0 fully saturated rings. The molecule has 0 spiro atoms. The van der Waals surface area contributed by atoms with Gasteiger partial charge >= 0.3 is 6.11 Å². The first-order valence-corrected chi connectivity index (χ1v) is 3.20. The van der Waals surface area contributed by atoms with Gasteiger partial charge in [-0.15, -0.1) is 0 Å². The lowest BCUT2D eigenvalue weighted by Crippen LogP contribution is -2.18. The Kier molecular flexibility index (Phi) is 2.08. The van der Waals surface area contributed by atoms with E-state index in [1.54, 1.807) is 18.2 Å². The van der Waals surface area contributed by atoms with Gasteiger partial charge in [0.25, 0.3) is 0 Å². The van der Waals surface area contributed by atoms with Crippen LogP contribution in [0.1, 0.15) is 6.92 Å². The third-order valence-electron chi connectivity index (χ3n) is 1.04. The quantitative estimate of drug-likeness (QED) is 0.642. The third kappa shape index (κ3) is 2.98. The largest absolute Gasteiger partial charge is 0.433 e. The second-order valence-electron chi connectivity index (χ2n) is 2.22. The first-order chi connectivity index (χ1) is 5.08. The highest BCUT2D eigenvalue weighted by molar-refractivity contribution is 5.21. The normalized spacial score (nSPS) is 11.2. The molecule has 0 aromatic heterocycles. The van der Waals surface area contributed by atoms with Gasteiger partial charge in [0, 0.05) is 6.92 Å². The van der Waals surface area contributed by atoms with Gasteiger partial charge in [0.05, 0.1) is 0 Å². The van der Waals surface area contributed by atoms with E-state index in [0.29, 0.717) is 6.92 Å². The van der Waals surface area contributed by atoms with E-state index in [9.17, 15) is 8.78 Å². The lowest BCUT2D eigenvalue weighted by Gasteiger charge is -2.11. The minimum atomic E-state index is -3.10. The average Bonchev–Trinajstić information content (AvgIpc) is 1.85. The maximum atomic E-state index is 12.2. The summed E-state index contributed by atoms with van der Waals surface area (Å²) in [5.74, 6) is 0.181. The summed E-state index contributed by atoms with van der Waals surface area (Å²) in [7, 11) is 0. The maximum absolute atomic E-state index is 12.2. The second kappa shape index (κ2) is 2.86. The Morgan fingerprint density at radius 2 is 1.73 bits per heavy atom. The van der Waals surface area contributed by atoms with Crippen molar-refractivity contribution in [1.82, 2.24) is 0 Å². The number of rotatable bonds is 2. The number of benzene rings is 1. The fraction of sp³-hybridized carbons (Fsp3) is 0.250. The molecule has 0 saturated carbocycles. The molecule has 1 aromatic carbocycles. The zero-order chi connectivity index (χ0) is 8.32. The molecule has 1 rings (SSSR count). The van der Waals surface area contributed by atoms with Gasteiger partial charge in [-0.25, -0.2) is 0 Å². The van der Waals surface area contributed by atoms with Crippen LogP contribution in [0.15, 0.2) is 30.3 Å². The van der Waals surface area contributed by atoms with E-state index < -0.39 is 6.11 Å². The molecule has 0 saturated heterocycles. The van der Waals surface area contributed by atoms with E-state index in [1.165, 1.54) is 12.1 Å². The summed E-state index contributed by atoms with van der Waals surface area (Å²) in [6.07, 6.45) is -3.10. The van der Waals surface area contributed by atoms with Crippen molar-refractivity contribution in [1.29, 1.82) is 0 Å². The van der Waals surface area contributed by atoms with Crippen LogP contribution in [0, 0.1) is 0 Å². The van der Waals surface area contributed by atoms with Gasteiger partial charge in [-0.1, -0.05) is 18.2 Å². The molecule has 0 heterocycles. The minimum absolute atomic E-state index is 0.181. The zero-order valence-corrected chi connectivity index (χ0v) is 6.05. The molecule has 0 aliphatic carbocycles. The monoisotopic (exact) mass is 158 g/mol. The Morgan fingerprint density at radius 3 is 2.18 bits per heavy atom. The van der Waals surface area contributed by atoms with Crippen molar-refractivity contribution in [3.8, 4) is 5.75 Å². The van der Waals surface area contributed by atoms with Crippen molar-refractivity contribution in [3.05, 3.63) is 30.3 Å². The first kappa shape index (κ1) is 7.98.